The molecule has 1 atom stereocenters. The summed E-state index contributed by atoms with van der Waals surface area (Å²) >= 11 is 6.45. The maximum Gasteiger partial charge on any atom is 0.143 e. The normalized spacial score (nSPS) is 12.7. The van der Waals surface area contributed by atoms with Crippen molar-refractivity contribution in [2.24, 2.45) is 0 Å². The summed E-state index contributed by atoms with van der Waals surface area (Å²) in [5.74, 6) is -0.480. The van der Waals surface area contributed by atoms with Crippen LogP contribution < -0.4 is 0 Å². The maximum atomic E-state index is 14.1. The van der Waals surface area contributed by atoms with Crippen molar-refractivity contribution in [2.45, 2.75) is 12.6 Å². The molecule has 1 heterocycles. The quantitative estimate of drug-likeness (QED) is 0.827. The van der Waals surface area contributed by atoms with Gasteiger partial charge in [-0.1, -0.05) is 12.1 Å². The largest absolute Gasteiger partial charge is 0.383 e. The van der Waals surface area contributed by atoms with Crippen molar-refractivity contribution in [3.63, 3.8) is 0 Å². The average Bonchev–Trinajstić information content (AvgIpc) is 2.80. The van der Waals surface area contributed by atoms with Crippen LogP contribution in [-0.4, -0.2) is 28.6 Å². The molecule has 0 spiro atoms. The van der Waals surface area contributed by atoms with Gasteiger partial charge < -0.3 is 9.84 Å². The van der Waals surface area contributed by atoms with Crippen molar-refractivity contribution < 1.29 is 14.2 Å². The van der Waals surface area contributed by atoms with Crippen molar-refractivity contribution in [2.75, 3.05) is 13.7 Å². The van der Waals surface area contributed by atoms with Gasteiger partial charge in [-0.25, -0.2) is 4.39 Å². The van der Waals surface area contributed by atoms with E-state index in [9.17, 15) is 9.50 Å². The molecule has 4 nitrogen and oxygen atoms in total. The molecule has 0 amide bonds. The molecule has 0 bridgehead atoms. The van der Waals surface area contributed by atoms with Gasteiger partial charge in [-0.15, -0.1) is 0 Å². The summed E-state index contributed by atoms with van der Waals surface area (Å²) in [6.45, 7) is 0.929. The lowest BCUT2D eigenvalue weighted by Crippen LogP contribution is -2.14. The van der Waals surface area contributed by atoms with Crippen molar-refractivity contribution in [1.82, 2.24) is 9.78 Å². The van der Waals surface area contributed by atoms with E-state index in [-0.39, 0.29) is 5.56 Å². The number of aliphatic hydroxyl groups excluding tert-OH is 1. The monoisotopic (exact) mass is 406 g/mol. The molecule has 1 aromatic heterocycles. The van der Waals surface area contributed by atoms with E-state index in [4.69, 9.17) is 4.74 Å². The summed E-state index contributed by atoms with van der Waals surface area (Å²) in [5, 5.41) is 14.6. The Morgan fingerprint density at radius 1 is 1.40 bits per heavy atom. The molecule has 1 aromatic carbocycles. The first-order chi connectivity index (χ1) is 9.56. The minimum Gasteiger partial charge on any atom is -0.383 e. The second-order valence-corrected chi connectivity index (χ2v) is 5.85. The Balaban J connectivity index is 2.40. The molecule has 2 rings (SSSR count). The molecule has 0 aliphatic rings. The van der Waals surface area contributed by atoms with Crippen LogP contribution in [0.25, 0.3) is 0 Å². The summed E-state index contributed by atoms with van der Waals surface area (Å²) in [6, 6.07) is 4.81. The number of hydrogen-bond acceptors (Lipinski definition) is 3. The van der Waals surface area contributed by atoms with Crippen molar-refractivity contribution in [1.29, 1.82) is 0 Å². The first kappa shape index (κ1) is 15.6. The van der Waals surface area contributed by atoms with Crippen LogP contribution in [0.2, 0.25) is 0 Å². The highest BCUT2D eigenvalue weighted by atomic mass is 79.9. The van der Waals surface area contributed by atoms with E-state index in [0.717, 1.165) is 0 Å². The van der Waals surface area contributed by atoms with E-state index < -0.39 is 11.9 Å². The Morgan fingerprint density at radius 3 is 2.85 bits per heavy atom. The molecule has 0 aliphatic heterocycles. The molecule has 1 unspecified atom stereocenters. The van der Waals surface area contributed by atoms with Gasteiger partial charge in [0.05, 0.1) is 34.0 Å². The molecule has 20 heavy (non-hydrogen) atoms. The molecule has 0 saturated heterocycles. The smallest absolute Gasteiger partial charge is 0.143 e. The Labute approximate surface area is 132 Å². The highest BCUT2D eigenvalue weighted by Crippen LogP contribution is 2.32. The van der Waals surface area contributed by atoms with Gasteiger partial charge in [0.1, 0.15) is 11.9 Å². The van der Waals surface area contributed by atoms with Gasteiger partial charge >= 0.3 is 0 Å². The maximum absolute atomic E-state index is 14.1. The standard InChI is InChI=1S/C13H13Br2FN2O2/c1-20-6-5-18-12(10(15)7-17-18)13(19)8-3-2-4-9(14)11(8)16/h2-4,7,13,19H,5-6H2,1H3. The topological polar surface area (TPSA) is 47.3 Å². The van der Waals surface area contributed by atoms with E-state index >= 15 is 0 Å². The van der Waals surface area contributed by atoms with Gasteiger partial charge in [0.15, 0.2) is 0 Å². The van der Waals surface area contributed by atoms with Crippen molar-refractivity contribution >= 4 is 31.9 Å². The molecule has 0 saturated carbocycles. The van der Waals surface area contributed by atoms with Gasteiger partial charge in [0.2, 0.25) is 0 Å². The third-order valence-corrected chi connectivity index (χ3v) is 4.10. The third-order valence-electron chi connectivity index (χ3n) is 2.88. The van der Waals surface area contributed by atoms with Crippen LogP contribution in [-0.2, 0) is 11.3 Å². The Hall–Kier alpha value is -0.760. The van der Waals surface area contributed by atoms with Crippen LogP contribution >= 0.6 is 31.9 Å². The summed E-state index contributed by atoms with van der Waals surface area (Å²) in [6.07, 6.45) is 0.464. The zero-order valence-corrected chi connectivity index (χ0v) is 13.9. The molecule has 0 aliphatic carbocycles. The summed E-state index contributed by atoms with van der Waals surface area (Å²) in [7, 11) is 1.59. The predicted molar refractivity (Wildman–Crippen MR) is 80.0 cm³/mol. The van der Waals surface area contributed by atoms with E-state index in [0.29, 0.717) is 27.8 Å². The fourth-order valence-electron chi connectivity index (χ4n) is 1.88. The number of halogens is 3. The van der Waals surface area contributed by atoms with E-state index in [1.807, 2.05) is 0 Å². The number of rotatable bonds is 5. The van der Waals surface area contributed by atoms with Crippen LogP contribution in [0.5, 0.6) is 0 Å². The number of hydrogen-bond donors (Lipinski definition) is 1. The lowest BCUT2D eigenvalue weighted by atomic mass is 10.1. The number of nitrogens with zero attached hydrogens (tertiary/aromatic N) is 2. The van der Waals surface area contributed by atoms with Gasteiger partial charge in [-0.2, -0.15) is 5.10 Å². The fraction of sp³-hybridized carbons (Fsp3) is 0.308. The number of aliphatic hydroxyl groups is 1. The van der Waals surface area contributed by atoms with Crippen molar-refractivity contribution in [3.05, 3.63) is 50.4 Å². The van der Waals surface area contributed by atoms with E-state index in [2.05, 4.69) is 37.0 Å². The molecule has 1 N–H and O–H groups in total. The lowest BCUT2D eigenvalue weighted by Gasteiger charge is -2.15. The minimum absolute atomic E-state index is 0.194. The van der Waals surface area contributed by atoms with Crippen LogP contribution in [0.3, 0.4) is 0 Å². The highest BCUT2D eigenvalue weighted by Gasteiger charge is 2.23. The molecule has 0 radical (unpaired) electrons. The molecular weight excluding hydrogens is 395 g/mol. The number of benzene rings is 1. The van der Waals surface area contributed by atoms with E-state index in [1.165, 1.54) is 0 Å². The Morgan fingerprint density at radius 2 is 2.15 bits per heavy atom. The minimum atomic E-state index is -1.11. The van der Waals surface area contributed by atoms with Crippen LogP contribution in [0, 0.1) is 5.82 Å². The van der Waals surface area contributed by atoms with Gasteiger partial charge in [-0.05, 0) is 37.9 Å². The zero-order chi connectivity index (χ0) is 14.7. The first-order valence-corrected chi connectivity index (χ1v) is 7.47. The average molecular weight is 408 g/mol. The van der Waals surface area contributed by atoms with Crippen molar-refractivity contribution in [3.8, 4) is 0 Å². The lowest BCUT2D eigenvalue weighted by molar-refractivity contribution is 0.169. The Bertz CT molecular complexity index is 604. The van der Waals surface area contributed by atoms with Gasteiger partial charge in [0, 0.05) is 12.7 Å². The number of ether oxygens (including phenoxy) is 1. The zero-order valence-electron chi connectivity index (χ0n) is 10.7. The molecular formula is C13H13Br2FN2O2. The number of methoxy groups -OCH3 is 1. The molecule has 2 aromatic rings. The van der Waals surface area contributed by atoms with Gasteiger partial charge in [-0.3, -0.25) is 4.68 Å². The SMILES string of the molecule is COCCn1ncc(Br)c1C(O)c1cccc(Br)c1F. The third kappa shape index (κ3) is 3.11. The fourth-order valence-corrected chi connectivity index (χ4v) is 2.77. The highest BCUT2D eigenvalue weighted by molar-refractivity contribution is 9.10. The Kier molecular flexibility index (Phi) is 5.31. The van der Waals surface area contributed by atoms with Crippen LogP contribution in [0.1, 0.15) is 17.4 Å². The summed E-state index contributed by atoms with van der Waals surface area (Å²) in [4.78, 5) is 0. The summed E-state index contributed by atoms with van der Waals surface area (Å²) in [5.41, 5.74) is 0.693. The van der Waals surface area contributed by atoms with E-state index in [1.54, 1.807) is 36.2 Å². The second-order valence-electron chi connectivity index (χ2n) is 4.14. The second kappa shape index (κ2) is 6.80. The number of aromatic nitrogens is 2. The summed E-state index contributed by atoms with van der Waals surface area (Å²) < 4.78 is 21.6. The molecule has 0 fully saturated rings. The molecule has 7 heteroatoms. The van der Waals surface area contributed by atoms with Crippen LogP contribution in [0.15, 0.2) is 33.3 Å². The first-order valence-electron chi connectivity index (χ1n) is 5.88. The molecule has 108 valence electrons. The van der Waals surface area contributed by atoms with Crippen LogP contribution in [0.4, 0.5) is 4.39 Å². The predicted octanol–water partition coefficient (Wildman–Crippen LogP) is 3.28. The van der Waals surface area contributed by atoms with Gasteiger partial charge in [0.25, 0.3) is 0 Å².